The first-order valence-corrected chi connectivity index (χ1v) is 8.00. The van der Waals surface area contributed by atoms with Crippen molar-refractivity contribution in [3.8, 4) is 0 Å². The van der Waals surface area contributed by atoms with E-state index in [4.69, 9.17) is 10.3 Å². The Labute approximate surface area is 130 Å². The van der Waals surface area contributed by atoms with Crippen molar-refractivity contribution >= 4 is 11.8 Å². The first-order chi connectivity index (χ1) is 9.66. The van der Waals surface area contributed by atoms with E-state index < -0.39 is 5.54 Å². The molecule has 2 rings (SSSR count). The Morgan fingerprint density at radius 1 is 1.10 bits per heavy atom. The Morgan fingerprint density at radius 3 is 2.19 bits per heavy atom. The summed E-state index contributed by atoms with van der Waals surface area (Å²) in [6.07, 6.45) is 0. The lowest BCUT2D eigenvalue weighted by Crippen LogP contribution is -2.30. The second-order valence-electron chi connectivity index (χ2n) is 6.80. The van der Waals surface area contributed by atoms with E-state index in [-0.39, 0.29) is 5.41 Å². The molecule has 0 bridgehead atoms. The van der Waals surface area contributed by atoms with Crippen molar-refractivity contribution in [1.29, 1.82) is 0 Å². The molecule has 1 heterocycles. The van der Waals surface area contributed by atoms with Gasteiger partial charge in [-0.05, 0) is 37.0 Å². The van der Waals surface area contributed by atoms with Gasteiger partial charge in [-0.25, -0.2) is 0 Å². The molecule has 2 N–H and O–H groups in total. The maximum absolute atomic E-state index is 5.94. The Kier molecular flexibility index (Phi) is 4.44. The van der Waals surface area contributed by atoms with Crippen molar-refractivity contribution in [3.63, 3.8) is 0 Å². The number of rotatable bonds is 4. The van der Waals surface area contributed by atoms with E-state index in [9.17, 15) is 0 Å². The molecule has 0 aliphatic carbocycles. The fourth-order valence-corrected chi connectivity index (χ4v) is 2.51. The summed E-state index contributed by atoms with van der Waals surface area (Å²) >= 11 is 1.68. The van der Waals surface area contributed by atoms with Gasteiger partial charge in [0.05, 0.1) is 11.3 Å². The Hall–Kier alpha value is -1.33. The molecule has 1 aromatic heterocycles. The average molecular weight is 305 g/mol. The van der Waals surface area contributed by atoms with Crippen LogP contribution in [0.25, 0.3) is 0 Å². The molecule has 114 valence electrons. The SMILES string of the molecule is CC(C)(C)c1ccc(SCc2nc(C(C)(C)N)no2)cc1. The summed E-state index contributed by atoms with van der Waals surface area (Å²) in [6, 6.07) is 8.61. The predicted octanol–water partition coefficient (Wildman–Crippen LogP) is 3.85. The van der Waals surface area contributed by atoms with Crippen LogP contribution in [0, 0.1) is 0 Å². The Balaban J connectivity index is 1.99. The highest BCUT2D eigenvalue weighted by molar-refractivity contribution is 7.98. The molecule has 4 nitrogen and oxygen atoms in total. The zero-order valence-corrected chi connectivity index (χ0v) is 14.1. The highest BCUT2D eigenvalue weighted by atomic mass is 32.2. The minimum atomic E-state index is -0.569. The number of nitrogens with two attached hydrogens (primary N) is 1. The zero-order valence-electron chi connectivity index (χ0n) is 13.3. The molecule has 0 aliphatic heterocycles. The van der Waals surface area contributed by atoms with E-state index >= 15 is 0 Å². The standard InChI is InChI=1S/C16H23N3OS/c1-15(2,3)11-6-8-12(9-7-11)21-10-13-18-14(19-20-13)16(4,5)17/h6-9H,10,17H2,1-5H3. The van der Waals surface area contributed by atoms with Gasteiger partial charge in [0.2, 0.25) is 5.89 Å². The Morgan fingerprint density at radius 2 is 1.71 bits per heavy atom. The number of aromatic nitrogens is 2. The van der Waals surface area contributed by atoms with E-state index in [1.165, 1.54) is 10.5 Å². The van der Waals surface area contributed by atoms with Crippen LogP contribution >= 0.6 is 11.8 Å². The maximum atomic E-state index is 5.94. The second-order valence-corrected chi connectivity index (χ2v) is 7.85. The van der Waals surface area contributed by atoms with Crippen LogP contribution in [0.5, 0.6) is 0 Å². The molecule has 0 fully saturated rings. The lowest BCUT2D eigenvalue weighted by molar-refractivity contribution is 0.370. The monoisotopic (exact) mass is 305 g/mol. The molecule has 21 heavy (non-hydrogen) atoms. The summed E-state index contributed by atoms with van der Waals surface area (Å²) in [4.78, 5) is 5.52. The minimum Gasteiger partial charge on any atom is -0.338 e. The van der Waals surface area contributed by atoms with Crippen molar-refractivity contribution in [2.75, 3.05) is 0 Å². The predicted molar refractivity (Wildman–Crippen MR) is 86.2 cm³/mol. The molecule has 2 aromatic rings. The number of thioether (sulfide) groups is 1. The van der Waals surface area contributed by atoms with Gasteiger partial charge in [0, 0.05) is 4.90 Å². The molecule has 0 unspecified atom stereocenters. The third-order valence-corrected chi connectivity index (χ3v) is 4.12. The van der Waals surface area contributed by atoms with Crippen molar-refractivity contribution in [3.05, 3.63) is 41.5 Å². The fraction of sp³-hybridized carbons (Fsp3) is 0.500. The van der Waals surface area contributed by atoms with Crippen LogP contribution in [-0.2, 0) is 16.7 Å². The first kappa shape index (κ1) is 16.0. The quantitative estimate of drug-likeness (QED) is 0.869. The van der Waals surface area contributed by atoms with Crippen LogP contribution in [0.2, 0.25) is 0 Å². The molecular weight excluding hydrogens is 282 g/mol. The first-order valence-electron chi connectivity index (χ1n) is 7.01. The van der Waals surface area contributed by atoms with Crippen LogP contribution in [0.15, 0.2) is 33.7 Å². The summed E-state index contributed by atoms with van der Waals surface area (Å²) in [5.41, 5.74) is 6.88. The van der Waals surface area contributed by atoms with E-state index in [0.29, 0.717) is 17.5 Å². The molecule has 0 radical (unpaired) electrons. The molecule has 0 aliphatic rings. The normalized spacial score (nSPS) is 12.7. The minimum absolute atomic E-state index is 0.178. The molecule has 0 atom stereocenters. The lowest BCUT2D eigenvalue weighted by atomic mass is 9.87. The van der Waals surface area contributed by atoms with Crippen molar-refractivity contribution in [2.45, 2.75) is 56.2 Å². The molecule has 0 saturated heterocycles. The third-order valence-electron chi connectivity index (χ3n) is 3.13. The number of hydrogen-bond donors (Lipinski definition) is 1. The molecule has 0 saturated carbocycles. The van der Waals surface area contributed by atoms with Gasteiger partial charge in [0.25, 0.3) is 0 Å². The summed E-state index contributed by atoms with van der Waals surface area (Å²) in [5.74, 6) is 1.80. The lowest BCUT2D eigenvalue weighted by Gasteiger charge is -2.18. The van der Waals surface area contributed by atoms with Gasteiger partial charge in [0.15, 0.2) is 5.82 Å². The van der Waals surface area contributed by atoms with Gasteiger partial charge in [-0.1, -0.05) is 38.1 Å². The van der Waals surface area contributed by atoms with Crippen LogP contribution in [0.4, 0.5) is 0 Å². The van der Waals surface area contributed by atoms with Crippen molar-refractivity contribution in [1.82, 2.24) is 10.1 Å². The third kappa shape index (κ3) is 4.32. The van der Waals surface area contributed by atoms with Gasteiger partial charge in [0.1, 0.15) is 0 Å². The molecule has 5 heteroatoms. The van der Waals surface area contributed by atoms with E-state index in [1.54, 1.807) is 11.8 Å². The second kappa shape index (κ2) is 5.81. The maximum Gasteiger partial charge on any atom is 0.237 e. The topological polar surface area (TPSA) is 64.9 Å². The van der Waals surface area contributed by atoms with Gasteiger partial charge in [-0.15, -0.1) is 11.8 Å². The van der Waals surface area contributed by atoms with Gasteiger partial charge in [-0.3, -0.25) is 0 Å². The summed E-state index contributed by atoms with van der Waals surface area (Å²) < 4.78 is 5.23. The molecular formula is C16H23N3OS. The highest BCUT2D eigenvalue weighted by Crippen LogP contribution is 2.27. The smallest absolute Gasteiger partial charge is 0.237 e. The van der Waals surface area contributed by atoms with Crippen LogP contribution in [-0.4, -0.2) is 10.1 Å². The van der Waals surface area contributed by atoms with Crippen molar-refractivity contribution < 1.29 is 4.52 Å². The largest absolute Gasteiger partial charge is 0.338 e. The van der Waals surface area contributed by atoms with E-state index in [0.717, 1.165) is 0 Å². The van der Waals surface area contributed by atoms with Gasteiger partial charge >= 0.3 is 0 Å². The van der Waals surface area contributed by atoms with Gasteiger partial charge < -0.3 is 10.3 Å². The molecule has 0 spiro atoms. The average Bonchev–Trinajstić information content (AvgIpc) is 2.84. The summed E-state index contributed by atoms with van der Waals surface area (Å²) in [7, 11) is 0. The highest BCUT2D eigenvalue weighted by Gasteiger charge is 2.21. The summed E-state index contributed by atoms with van der Waals surface area (Å²) in [5, 5.41) is 3.92. The number of benzene rings is 1. The molecule has 0 amide bonds. The van der Waals surface area contributed by atoms with Gasteiger partial charge in [-0.2, -0.15) is 4.98 Å². The van der Waals surface area contributed by atoms with Crippen LogP contribution < -0.4 is 5.73 Å². The van der Waals surface area contributed by atoms with Crippen LogP contribution in [0.3, 0.4) is 0 Å². The van der Waals surface area contributed by atoms with Crippen molar-refractivity contribution in [2.24, 2.45) is 5.73 Å². The fourth-order valence-electron chi connectivity index (χ4n) is 1.77. The molecule has 1 aromatic carbocycles. The Bertz CT molecular complexity index is 591. The van der Waals surface area contributed by atoms with E-state index in [2.05, 4.69) is 55.2 Å². The zero-order chi connectivity index (χ0) is 15.7. The number of hydrogen-bond acceptors (Lipinski definition) is 5. The number of nitrogens with zero attached hydrogens (tertiary/aromatic N) is 2. The van der Waals surface area contributed by atoms with E-state index in [1.807, 2.05) is 13.8 Å². The van der Waals surface area contributed by atoms with Crippen LogP contribution in [0.1, 0.15) is 51.9 Å². The summed E-state index contributed by atoms with van der Waals surface area (Å²) in [6.45, 7) is 10.4.